The van der Waals surface area contributed by atoms with Crippen LogP contribution in [0.4, 0.5) is 0 Å². The van der Waals surface area contributed by atoms with Crippen molar-refractivity contribution in [2.75, 3.05) is 0 Å². The maximum Gasteiger partial charge on any atom is 0.309 e. The van der Waals surface area contributed by atoms with Crippen LogP contribution in [0, 0.1) is 0 Å². The Hall–Kier alpha value is -1.36. The molecule has 0 radical (unpaired) electrons. The van der Waals surface area contributed by atoms with E-state index < -0.39 is 5.97 Å². The summed E-state index contributed by atoms with van der Waals surface area (Å²) in [5.74, 6) is -0.870. The largest absolute Gasteiger partial charge is 0.481 e. The van der Waals surface area contributed by atoms with Crippen molar-refractivity contribution in [3.63, 3.8) is 0 Å². The van der Waals surface area contributed by atoms with E-state index in [1.165, 1.54) is 0 Å². The summed E-state index contributed by atoms with van der Waals surface area (Å²) in [6.07, 6.45) is -0.0556. The average Bonchev–Trinajstić information content (AvgIpc) is 2.44. The van der Waals surface area contributed by atoms with E-state index in [2.05, 4.69) is 21.0 Å². The van der Waals surface area contributed by atoms with Crippen LogP contribution in [0.2, 0.25) is 0 Å². The van der Waals surface area contributed by atoms with E-state index in [9.17, 15) is 4.79 Å². The Morgan fingerprint density at radius 1 is 1.60 bits per heavy atom. The number of carboxylic acid groups (broad SMARTS) is 1. The fourth-order valence-electron chi connectivity index (χ4n) is 1.62. The van der Waals surface area contributed by atoms with Crippen molar-refractivity contribution in [2.45, 2.75) is 6.42 Å². The van der Waals surface area contributed by atoms with Gasteiger partial charge in [0, 0.05) is 16.9 Å². The van der Waals surface area contributed by atoms with Gasteiger partial charge in [0.1, 0.15) is 0 Å². The monoisotopic (exact) mass is 268 g/mol. The molecule has 0 saturated heterocycles. The van der Waals surface area contributed by atoms with Gasteiger partial charge in [0.25, 0.3) is 0 Å². The highest BCUT2D eigenvalue weighted by molar-refractivity contribution is 9.10. The van der Waals surface area contributed by atoms with Gasteiger partial charge in [-0.3, -0.25) is 9.48 Å². The average molecular weight is 269 g/mol. The number of nitrogens with zero attached hydrogens (tertiary/aromatic N) is 2. The molecule has 0 spiro atoms. The van der Waals surface area contributed by atoms with E-state index in [1.54, 1.807) is 11.7 Å². The topological polar surface area (TPSA) is 55.1 Å². The predicted octanol–water partition coefficient (Wildman–Crippen LogP) is 1.96. The normalized spacial score (nSPS) is 10.8. The van der Waals surface area contributed by atoms with Crippen LogP contribution in [-0.2, 0) is 18.3 Å². The highest BCUT2D eigenvalue weighted by Gasteiger charge is 2.13. The standard InChI is InChI=1S/C10H9BrN2O2/c1-13-8-4-2-3-6(11)10(8)7(12-13)5-9(14)15/h2-4H,5H2,1H3,(H,14,15). The van der Waals surface area contributed by atoms with Gasteiger partial charge in [-0.1, -0.05) is 22.0 Å². The van der Waals surface area contributed by atoms with Crippen LogP contribution in [-0.4, -0.2) is 20.9 Å². The van der Waals surface area contributed by atoms with E-state index in [-0.39, 0.29) is 6.42 Å². The zero-order valence-corrected chi connectivity index (χ0v) is 9.65. The Morgan fingerprint density at radius 2 is 2.33 bits per heavy atom. The van der Waals surface area contributed by atoms with E-state index in [0.29, 0.717) is 5.69 Å². The van der Waals surface area contributed by atoms with Gasteiger partial charge in [-0.2, -0.15) is 5.10 Å². The molecule has 0 amide bonds. The maximum atomic E-state index is 10.7. The Balaban J connectivity index is 2.70. The summed E-state index contributed by atoms with van der Waals surface area (Å²) in [7, 11) is 1.81. The SMILES string of the molecule is Cn1nc(CC(=O)O)c2c(Br)cccc21. The highest BCUT2D eigenvalue weighted by atomic mass is 79.9. The number of fused-ring (bicyclic) bond motifs is 1. The summed E-state index contributed by atoms with van der Waals surface area (Å²) in [4.78, 5) is 10.7. The third kappa shape index (κ3) is 1.74. The van der Waals surface area contributed by atoms with Gasteiger partial charge >= 0.3 is 5.97 Å². The Morgan fingerprint density at radius 3 is 3.00 bits per heavy atom. The quantitative estimate of drug-likeness (QED) is 0.906. The summed E-state index contributed by atoms with van der Waals surface area (Å²) >= 11 is 3.40. The van der Waals surface area contributed by atoms with Crippen molar-refractivity contribution < 1.29 is 9.90 Å². The van der Waals surface area contributed by atoms with Crippen LogP contribution < -0.4 is 0 Å². The lowest BCUT2D eigenvalue weighted by Crippen LogP contribution is -2.01. The second-order valence-electron chi connectivity index (χ2n) is 3.27. The zero-order valence-electron chi connectivity index (χ0n) is 8.07. The van der Waals surface area contributed by atoms with E-state index in [4.69, 9.17) is 5.11 Å². The van der Waals surface area contributed by atoms with E-state index in [0.717, 1.165) is 15.4 Å². The molecule has 0 saturated carbocycles. The van der Waals surface area contributed by atoms with Crippen LogP contribution in [0.3, 0.4) is 0 Å². The maximum absolute atomic E-state index is 10.7. The fourth-order valence-corrected chi connectivity index (χ4v) is 2.20. The lowest BCUT2D eigenvalue weighted by molar-refractivity contribution is -0.136. The molecule has 5 heteroatoms. The number of rotatable bonds is 2. The first-order chi connectivity index (χ1) is 7.09. The number of hydrogen-bond donors (Lipinski definition) is 1. The van der Waals surface area contributed by atoms with Crippen LogP contribution in [0.1, 0.15) is 5.69 Å². The Bertz CT molecular complexity index is 533. The first kappa shape index (κ1) is 10.2. The number of hydrogen-bond acceptors (Lipinski definition) is 2. The van der Waals surface area contributed by atoms with Crippen molar-refractivity contribution in [2.24, 2.45) is 7.05 Å². The summed E-state index contributed by atoms with van der Waals surface area (Å²) < 4.78 is 2.57. The Kier molecular flexibility index (Phi) is 2.48. The van der Waals surface area contributed by atoms with Crippen molar-refractivity contribution in [1.82, 2.24) is 9.78 Å². The third-order valence-electron chi connectivity index (χ3n) is 2.22. The molecule has 0 aliphatic carbocycles. The Labute approximate surface area is 94.6 Å². The summed E-state index contributed by atoms with van der Waals surface area (Å²) in [5, 5.41) is 13.8. The van der Waals surface area contributed by atoms with Gasteiger partial charge in [0.05, 0.1) is 17.6 Å². The predicted molar refractivity (Wildman–Crippen MR) is 59.8 cm³/mol. The second kappa shape index (κ2) is 3.66. The molecule has 1 heterocycles. The number of benzene rings is 1. The molecule has 1 aromatic heterocycles. The molecular weight excluding hydrogens is 260 g/mol. The van der Waals surface area contributed by atoms with Crippen molar-refractivity contribution in [3.8, 4) is 0 Å². The number of aryl methyl sites for hydroxylation is 1. The second-order valence-corrected chi connectivity index (χ2v) is 4.13. The fraction of sp³-hybridized carbons (Fsp3) is 0.200. The van der Waals surface area contributed by atoms with Crippen LogP contribution in [0.25, 0.3) is 10.9 Å². The number of aliphatic carboxylic acids is 1. The van der Waals surface area contributed by atoms with Gasteiger partial charge in [-0.25, -0.2) is 0 Å². The smallest absolute Gasteiger partial charge is 0.309 e. The van der Waals surface area contributed by atoms with Gasteiger partial charge < -0.3 is 5.11 Å². The van der Waals surface area contributed by atoms with Crippen molar-refractivity contribution in [1.29, 1.82) is 0 Å². The van der Waals surface area contributed by atoms with Crippen LogP contribution in [0.5, 0.6) is 0 Å². The van der Waals surface area contributed by atoms with E-state index in [1.807, 2.05) is 18.2 Å². The number of carboxylic acids is 1. The first-order valence-electron chi connectivity index (χ1n) is 4.41. The molecule has 0 unspecified atom stereocenters. The third-order valence-corrected chi connectivity index (χ3v) is 2.88. The molecular formula is C10H9BrN2O2. The van der Waals surface area contributed by atoms with Crippen LogP contribution in [0.15, 0.2) is 22.7 Å². The molecule has 0 fully saturated rings. The summed E-state index contributed by atoms with van der Waals surface area (Å²) in [6.45, 7) is 0. The molecule has 0 atom stereocenters. The van der Waals surface area contributed by atoms with Gasteiger partial charge in [-0.05, 0) is 12.1 Å². The summed E-state index contributed by atoms with van der Waals surface area (Å²) in [6, 6.07) is 5.70. The van der Waals surface area contributed by atoms with Gasteiger partial charge in [-0.15, -0.1) is 0 Å². The molecule has 78 valence electrons. The zero-order chi connectivity index (χ0) is 11.0. The summed E-state index contributed by atoms with van der Waals surface area (Å²) in [5.41, 5.74) is 1.52. The number of carbonyl (C=O) groups is 1. The molecule has 2 rings (SSSR count). The van der Waals surface area contributed by atoms with Gasteiger partial charge in [0.15, 0.2) is 0 Å². The highest BCUT2D eigenvalue weighted by Crippen LogP contribution is 2.26. The molecule has 0 aliphatic rings. The minimum atomic E-state index is -0.870. The molecule has 0 aliphatic heterocycles. The molecule has 1 aromatic carbocycles. The molecule has 1 N–H and O–H groups in total. The number of aromatic nitrogens is 2. The van der Waals surface area contributed by atoms with E-state index >= 15 is 0 Å². The first-order valence-corrected chi connectivity index (χ1v) is 5.21. The van der Waals surface area contributed by atoms with Gasteiger partial charge in [0.2, 0.25) is 0 Å². The lowest BCUT2D eigenvalue weighted by Gasteiger charge is -1.96. The van der Waals surface area contributed by atoms with Crippen molar-refractivity contribution >= 4 is 32.8 Å². The molecule has 4 nitrogen and oxygen atoms in total. The minimum absolute atomic E-state index is 0.0556. The lowest BCUT2D eigenvalue weighted by atomic mass is 10.2. The molecule has 0 bridgehead atoms. The van der Waals surface area contributed by atoms with Crippen LogP contribution >= 0.6 is 15.9 Å². The molecule has 15 heavy (non-hydrogen) atoms. The number of halogens is 1. The molecule has 2 aromatic rings. The van der Waals surface area contributed by atoms with Crippen molar-refractivity contribution in [3.05, 3.63) is 28.4 Å². The minimum Gasteiger partial charge on any atom is -0.481 e.